The minimum absolute atomic E-state index is 0.0361. The summed E-state index contributed by atoms with van der Waals surface area (Å²) in [5.41, 5.74) is 1.27. The normalized spacial score (nSPS) is 17.5. The number of carbonyl (C=O) groups is 2. The Bertz CT molecular complexity index is 1230. The van der Waals surface area contributed by atoms with Crippen molar-refractivity contribution in [3.05, 3.63) is 89.4 Å². The molecule has 0 saturated heterocycles. The molecular formula is C23H19ClN2O4S. The molecule has 31 heavy (non-hydrogen) atoms. The first-order chi connectivity index (χ1) is 14.9. The number of carbonyl (C=O) groups excluding carboxylic acids is 2. The molecule has 1 unspecified atom stereocenters. The van der Waals surface area contributed by atoms with Crippen LogP contribution in [0.3, 0.4) is 0 Å². The molecule has 3 aromatic carbocycles. The molecule has 0 radical (unpaired) electrons. The highest BCUT2D eigenvalue weighted by Crippen LogP contribution is 2.40. The summed E-state index contributed by atoms with van der Waals surface area (Å²) in [6, 6.07) is 21.5. The van der Waals surface area contributed by atoms with E-state index < -0.39 is 26.9 Å². The average molecular weight is 455 g/mol. The number of amides is 2. The summed E-state index contributed by atoms with van der Waals surface area (Å²) in [7, 11) is -3.85. The number of nitrogens with zero attached hydrogens (tertiary/aromatic N) is 1. The molecule has 1 heterocycles. The standard InChI is InChI=1S/C23H19ClN2O4S/c24-17-10-12-18(13-11-17)25-22(27)15-26-19-8-4-5-9-20(19)31(29,30)21(14-23(26)28)16-6-2-1-3-7-16/h1-13,21H,14-15H2,(H,25,27). The first-order valence-corrected chi connectivity index (χ1v) is 11.5. The van der Waals surface area contributed by atoms with Crippen molar-refractivity contribution >= 4 is 44.6 Å². The van der Waals surface area contributed by atoms with Gasteiger partial charge < -0.3 is 10.2 Å². The van der Waals surface area contributed by atoms with E-state index in [4.69, 9.17) is 11.6 Å². The summed E-state index contributed by atoms with van der Waals surface area (Å²) in [4.78, 5) is 27.1. The summed E-state index contributed by atoms with van der Waals surface area (Å²) < 4.78 is 26.9. The Morgan fingerprint density at radius 1 is 0.968 bits per heavy atom. The molecule has 8 heteroatoms. The molecule has 1 aliphatic heterocycles. The van der Waals surface area contributed by atoms with Crippen LogP contribution in [0.4, 0.5) is 11.4 Å². The van der Waals surface area contributed by atoms with Crippen LogP contribution in [-0.4, -0.2) is 26.8 Å². The molecule has 1 N–H and O–H groups in total. The molecule has 0 aromatic heterocycles. The minimum atomic E-state index is -3.85. The fourth-order valence-electron chi connectivity index (χ4n) is 3.60. The van der Waals surface area contributed by atoms with Crippen molar-refractivity contribution in [1.29, 1.82) is 0 Å². The lowest BCUT2D eigenvalue weighted by molar-refractivity contribution is -0.121. The average Bonchev–Trinajstić information content (AvgIpc) is 2.85. The second-order valence-corrected chi connectivity index (χ2v) is 9.69. The van der Waals surface area contributed by atoms with Gasteiger partial charge >= 0.3 is 0 Å². The van der Waals surface area contributed by atoms with Gasteiger partial charge in [0.15, 0.2) is 9.84 Å². The third-order valence-corrected chi connectivity index (χ3v) is 7.50. The molecule has 3 aromatic rings. The first kappa shape index (κ1) is 21.1. The lowest BCUT2D eigenvalue weighted by Crippen LogP contribution is -2.38. The van der Waals surface area contributed by atoms with Gasteiger partial charge in [0.25, 0.3) is 0 Å². The monoisotopic (exact) mass is 454 g/mol. The smallest absolute Gasteiger partial charge is 0.244 e. The van der Waals surface area contributed by atoms with Crippen LogP contribution in [0.5, 0.6) is 0 Å². The summed E-state index contributed by atoms with van der Waals surface area (Å²) >= 11 is 5.87. The van der Waals surface area contributed by atoms with Crippen LogP contribution in [0.2, 0.25) is 5.02 Å². The van der Waals surface area contributed by atoms with E-state index >= 15 is 0 Å². The lowest BCUT2D eigenvalue weighted by atomic mass is 10.1. The van der Waals surface area contributed by atoms with E-state index in [1.165, 1.54) is 11.0 Å². The fraction of sp³-hybridized carbons (Fsp3) is 0.130. The van der Waals surface area contributed by atoms with E-state index in [9.17, 15) is 18.0 Å². The Hall–Kier alpha value is -3.16. The highest BCUT2D eigenvalue weighted by atomic mass is 35.5. The van der Waals surface area contributed by atoms with Gasteiger partial charge in [-0.25, -0.2) is 8.42 Å². The third-order valence-electron chi connectivity index (χ3n) is 5.10. The van der Waals surface area contributed by atoms with Gasteiger partial charge in [0.2, 0.25) is 11.8 Å². The zero-order valence-electron chi connectivity index (χ0n) is 16.4. The third kappa shape index (κ3) is 4.33. The van der Waals surface area contributed by atoms with Crippen molar-refractivity contribution in [2.24, 2.45) is 0 Å². The van der Waals surface area contributed by atoms with Gasteiger partial charge in [-0.05, 0) is 42.0 Å². The van der Waals surface area contributed by atoms with Crippen molar-refractivity contribution in [2.45, 2.75) is 16.6 Å². The topological polar surface area (TPSA) is 83.6 Å². The fourth-order valence-corrected chi connectivity index (χ4v) is 5.65. The molecule has 0 fully saturated rings. The SMILES string of the molecule is O=C(CN1C(=O)CC(c2ccccc2)S(=O)(=O)c2ccccc21)Nc1ccc(Cl)cc1. The van der Waals surface area contributed by atoms with E-state index in [-0.39, 0.29) is 23.5 Å². The number of benzene rings is 3. The minimum Gasteiger partial charge on any atom is -0.325 e. The number of hydrogen-bond acceptors (Lipinski definition) is 4. The van der Waals surface area contributed by atoms with Gasteiger partial charge in [-0.1, -0.05) is 54.1 Å². The molecule has 0 aliphatic carbocycles. The summed E-state index contributed by atoms with van der Waals surface area (Å²) in [6.45, 7) is -0.310. The van der Waals surface area contributed by atoms with Gasteiger partial charge in [0.05, 0.1) is 15.8 Å². The Labute approximate surface area is 185 Å². The number of anilines is 2. The van der Waals surface area contributed by atoms with Gasteiger partial charge in [-0.15, -0.1) is 0 Å². The van der Waals surface area contributed by atoms with Gasteiger partial charge in [-0.2, -0.15) is 0 Å². The van der Waals surface area contributed by atoms with Crippen molar-refractivity contribution in [3.63, 3.8) is 0 Å². The Morgan fingerprint density at radius 2 is 1.61 bits per heavy atom. The zero-order valence-corrected chi connectivity index (χ0v) is 17.9. The molecular weight excluding hydrogens is 436 g/mol. The first-order valence-electron chi connectivity index (χ1n) is 9.60. The largest absolute Gasteiger partial charge is 0.325 e. The number of halogens is 1. The molecule has 4 rings (SSSR count). The molecule has 0 saturated carbocycles. The van der Waals surface area contributed by atoms with E-state index in [1.807, 2.05) is 0 Å². The number of rotatable bonds is 4. The molecule has 1 atom stereocenters. The molecule has 0 spiro atoms. The maximum absolute atomic E-state index is 13.4. The number of hydrogen-bond donors (Lipinski definition) is 1. The summed E-state index contributed by atoms with van der Waals surface area (Å²) in [5, 5.41) is 2.22. The number of nitrogens with one attached hydrogen (secondary N) is 1. The van der Waals surface area contributed by atoms with Gasteiger partial charge in [-0.3, -0.25) is 9.59 Å². The molecule has 1 aliphatic rings. The van der Waals surface area contributed by atoms with Crippen LogP contribution in [0.15, 0.2) is 83.8 Å². The van der Waals surface area contributed by atoms with Crippen molar-refractivity contribution < 1.29 is 18.0 Å². The van der Waals surface area contributed by atoms with E-state index in [0.29, 0.717) is 16.3 Å². The second kappa shape index (κ2) is 8.53. The predicted octanol–water partition coefficient (Wildman–Crippen LogP) is 4.23. The Balaban J connectivity index is 1.68. The van der Waals surface area contributed by atoms with Crippen LogP contribution in [0, 0.1) is 0 Å². The van der Waals surface area contributed by atoms with Crippen LogP contribution in [-0.2, 0) is 19.4 Å². The van der Waals surface area contributed by atoms with E-state index in [2.05, 4.69) is 5.32 Å². The van der Waals surface area contributed by atoms with Gasteiger partial charge in [0.1, 0.15) is 6.54 Å². The Morgan fingerprint density at radius 3 is 2.32 bits per heavy atom. The maximum atomic E-state index is 13.4. The number of sulfone groups is 1. The quantitative estimate of drug-likeness (QED) is 0.639. The zero-order chi connectivity index (χ0) is 22.0. The van der Waals surface area contributed by atoms with Crippen LogP contribution >= 0.6 is 11.6 Å². The van der Waals surface area contributed by atoms with Crippen molar-refractivity contribution in [1.82, 2.24) is 0 Å². The highest BCUT2D eigenvalue weighted by molar-refractivity contribution is 7.92. The van der Waals surface area contributed by atoms with Crippen LogP contribution < -0.4 is 10.2 Å². The van der Waals surface area contributed by atoms with Gasteiger partial charge in [0, 0.05) is 17.1 Å². The lowest BCUT2D eigenvalue weighted by Gasteiger charge is -2.21. The van der Waals surface area contributed by atoms with Crippen molar-refractivity contribution in [2.75, 3.05) is 16.8 Å². The Kier molecular flexibility index (Phi) is 5.80. The highest BCUT2D eigenvalue weighted by Gasteiger charge is 2.39. The number of fused-ring (bicyclic) bond motifs is 1. The maximum Gasteiger partial charge on any atom is 0.244 e. The summed E-state index contributed by atoms with van der Waals surface area (Å²) in [6.07, 6.45) is -0.255. The van der Waals surface area contributed by atoms with E-state index in [0.717, 1.165) is 0 Å². The molecule has 158 valence electrons. The van der Waals surface area contributed by atoms with Crippen LogP contribution in [0.1, 0.15) is 17.2 Å². The number of para-hydroxylation sites is 1. The molecule has 6 nitrogen and oxygen atoms in total. The van der Waals surface area contributed by atoms with Crippen LogP contribution in [0.25, 0.3) is 0 Å². The second-order valence-electron chi connectivity index (χ2n) is 7.15. The molecule has 0 bridgehead atoms. The summed E-state index contributed by atoms with van der Waals surface area (Å²) in [5.74, 6) is -0.880. The van der Waals surface area contributed by atoms with E-state index in [1.54, 1.807) is 72.8 Å². The predicted molar refractivity (Wildman–Crippen MR) is 120 cm³/mol. The molecule has 2 amide bonds. The van der Waals surface area contributed by atoms with Crippen molar-refractivity contribution in [3.8, 4) is 0 Å².